The Bertz CT molecular complexity index is 175. The van der Waals surface area contributed by atoms with Crippen molar-refractivity contribution in [2.45, 2.75) is 45.6 Å². The molecule has 1 rings (SSSR count). The van der Waals surface area contributed by atoms with Crippen molar-refractivity contribution >= 4 is 0 Å². The zero-order valence-electron chi connectivity index (χ0n) is 11.0. The van der Waals surface area contributed by atoms with Crippen molar-refractivity contribution in [3.05, 3.63) is 0 Å². The molecule has 0 saturated carbocycles. The van der Waals surface area contributed by atoms with Crippen LogP contribution in [0.15, 0.2) is 0 Å². The van der Waals surface area contributed by atoms with Crippen LogP contribution >= 0.6 is 0 Å². The SMILES string of the molecule is CCCCOCCN1CC(CN)CCC1C. The molecule has 0 spiro atoms. The van der Waals surface area contributed by atoms with Crippen molar-refractivity contribution in [1.29, 1.82) is 0 Å². The molecule has 16 heavy (non-hydrogen) atoms. The van der Waals surface area contributed by atoms with E-state index in [2.05, 4.69) is 18.7 Å². The Morgan fingerprint density at radius 1 is 1.31 bits per heavy atom. The van der Waals surface area contributed by atoms with Gasteiger partial charge in [0, 0.05) is 25.7 Å². The van der Waals surface area contributed by atoms with Crippen LogP contribution in [0.1, 0.15) is 39.5 Å². The zero-order chi connectivity index (χ0) is 11.8. The highest BCUT2D eigenvalue weighted by atomic mass is 16.5. The third kappa shape index (κ3) is 4.81. The monoisotopic (exact) mass is 228 g/mol. The van der Waals surface area contributed by atoms with Crippen LogP contribution in [-0.4, -0.2) is 43.8 Å². The number of nitrogens with zero attached hydrogens (tertiary/aromatic N) is 1. The number of unbranched alkanes of at least 4 members (excludes halogenated alkanes) is 1. The minimum absolute atomic E-state index is 0.701. The molecule has 1 fully saturated rings. The van der Waals surface area contributed by atoms with E-state index in [4.69, 9.17) is 10.5 Å². The summed E-state index contributed by atoms with van der Waals surface area (Å²) in [5, 5.41) is 0. The van der Waals surface area contributed by atoms with Gasteiger partial charge >= 0.3 is 0 Å². The number of ether oxygens (including phenoxy) is 1. The van der Waals surface area contributed by atoms with E-state index in [1.165, 1.54) is 25.7 Å². The van der Waals surface area contributed by atoms with Gasteiger partial charge in [0.15, 0.2) is 0 Å². The summed E-state index contributed by atoms with van der Waals surface area (Å²) in [6.07, 6.45) is 4.98. The average Bonchev–Trinajstić information content (AvgIpc) is 2.31. The van der Waals surface area contributed by atoms with E-state index in [1.807, 2.05) is 0 Å². The van der Waals surface area contributed by atoms with Crippen molar-refractivity contribution < 1.29 is 4.74 Å². The number of hydrogen-bond donors (Lipinski definition) is 1. The first-order valence-electron chi connectivity index (χ1n) is 6.79. The molecule has 0 aromatic heterocycles. The van der Waals surface area contributed by atoms with Crippen LogP contribution in [0.3, 0.4) is 0 Å². The lowest BCUT2D eigenvalue weighted by atomic mass is 9.94. The second-order valence-electron chi connectivity index (χ2n) is 4.99. The highest BCUT2D eigenvalue weighted by Crippen LogP contribution is 2.20. The molecule has 3 nitrogen and oxygen atoms in total. The van der Waals surface area contributed by atoms with Crippen LogP contribution in [-0.2, 0) is 4.74 Å². The van der Waals surface area contributed by atoms with E-state index in [1.54, 1.807) is 0 Å². The zero-order valence-corrected chi connectivity index (χ0v) is 11.0. The van der Waals surface area contributed by atoms with E-state index in [0.717, 1.165) is 32.8 Å². The van der Waals surface area contributed by atoms with Gasteiger partial charge in [0.05, 0.1) is 6.61 Å². The van der Waals surface area contributed by atoms with Gasteiger partial charge in [-0.3, -0.25) is 4.90 Å². The summed E-state index contributed by atoms with van der Waals surface area (Å²) in [6, 6.07) is 0.706. The van der Waals surface area contributed by atoms with Crippen molar-refractivity contribution in [2.24, 2.45) is 11.7 Å². The molecule has 2 N–H and O–H groups in total. The molecule has 2 unspecified atom stereocenters. The van der Waals surface area contributed by atoms with Gasteiger partial charge in [0.25, 0.3) is 0 Å². The summed E-state index contributed by atoms with van der Waals surface area (Å²) < 4.78 is 5.62. The summed E-state index contributed by atoms with van der Waals surface area (Å²) >= 11 is 0. The molecule has 1 aliphatic heterocycles. The number of hydrogen-bond acceptors (Lipinski definition) is 3. The second-order valence-corrected chi connectivity index (χ2v) is 4.99. The van der Waals surface area contributed by atoms with Gasteiger partial charge in [-0.1, -0.05) is 13.3 Å². The summed E-state index contributed by atoms with van der Waals surface area (Å²) in [5.41, 5.74) is 5.75. The van der Waals surface area contributed by atoms with Crippen LogP contribution in [0.25, 0.3) is 0 Å². The fourth-order valence-electron chi connectivity index (χ4n) is 2.30. The molecule has 0 aliphatic carbocycles. The number of nitrogens with two attached hydrogens (primary N) is 1. The van der Waals surface area contributed by atoms with Gasteiger partial charge in [0.1, 0.15) is 0 Å². The van der Waals surface area contributed by atoms with Crippen molar-refractivity contribution in [2.75, 3.05) is 32.8 Å². The maximum absolute atomic E-state index is 5.75. The van der Waals surface area contributed by atoms with Crippen LogP contribution in [0, 0.1) is 5.92 Å². The Balaban J connectivity index is 2.13. The molecule has 0 aromatic rings. The quantitative estimate of drug-likeness (QED) is 0.676. The maximum Gasteiger partial charge on any atom is 0.0593 e. The number of likely N-dealkylation sites (tertiary alicyclic amines) is 1. The highest BCUT2D eigenvalue weighted by Gasteiger charge is 2.23. The van der Waals surface area contributed by atoms with Gasteiger partial charge in [-0.25, -0.2) is 0 Å². The predicted molar refractivity (Wildman–Crippen MR) is 68.5 cm³/mol. The number of rotatable bonds is 7. The Hall–Kier alpha value is -0.120. The first-order valence-corrected chi connectivity index (χ1v) is 6.79. The fraction of sp³-hybridized carbons (Fsp3) is 1.00. The van der Waals surface area contributed by atoms with Gasteiger partial charge in [-0.15, -0.1) is 0 Å². The standard InChI is InChI=1S/C13H28N2O/c1-3-4-8-16-9-7-15-11-13(10-14)6-5-12(15)2/h12-13H,3-11,14H2,1-2H3. The minimum atomic E-state index is 0.701. The lowest BCUT2D eigenvalue weighted by Crippen LogP contribution is -2.45. The van der Waals surface area contributed by atoms with Crippen LogP contribution in [0.5, 0.6) is 0 Å². The second kappa shape index (κ2) is 8.04. The van der Waals surface area contributed by atoms with Crippen LogP contribution in [0.2, 0.25) is 0 Å². The molecular formula is C13H28N2O. The van der Waals surface area contributed by atoms with E-state index >= 15 is 0 Å². The third-order valence-electron chi connectivity index (χ3n) is 3.61. The molecule has 0 aromatic carbocycles. The summed E-state index contributed by atoms with van der Waals surface area (Å²) in [6.45, 7) is 9.37. The molecule has 1 aliphatic rings. The lowest BCUT2D eigenvalue weighted by molar-refractivity contribution is 0.0605. The van der Waals surface area contributed by atoms with Gasteiger partial charge < -0.3 is 10.5 Å². The van der Waals surface area contributed by atoms with Gasteiger partial charge in [-0.05, 0) is 38.6 Å². The van der Waals surface area contributed by atoms with E-state index in [9.17, 15) is 0 Å². The third-order valence-corrected chi connectivity index (χ3v) is 3.61. The van der Waals surface area contributed by atoms with Crippen molar-refractivity contribution in [3.8, 4) is 0 Å². The predicted octanol–water partition coefficient (Wildman–Crippen LogP) is 1.86. The largest absolute Gasteiger partial charge is 0.380 e. The van der Waals surface area contributed by atoms with Crippen molar-refractivity contribution in [1.82, 2.24) is 4.90 Å². The van der Waals surface area contributed by atoms with Crippen LogP contribution in [0.4, 0.5) is 0 Å². The molecule has 0 bridgehead atoms. The maximum atomic E-state index is 5.75. The number of piperidine rings is 1. The Morgan fingerprint density at radius 3 is 2.81 bits per heavy atom. The van der Waals surface area contributed by atoms with Gasteiger partial charge in [-0.2, -0.15) is 0 Å². The molecule has 2 atom stereocenters. The summed E-state index contributed by atoms with van der Waals surface area (Å²) in [4.78, 5) is 2.53. The van der Waals surface area contributed by atoms with Crippen molar-refractivity contribution in [3.63, 3.8) is 0 Å². The first kappa shape index (κ1) is 13.9. The lowest BCUT2D eigenvalue weighted by Gasteiger charge is -2.37. The Kier molecular flexibility index (Phi) is 7.01. The highest BCUT2D eigenvalue weighted by molar-refractivity contribution is 4.79. The van der Waals surface area contributed by atoms with E-state index in [-0.39, 0.29) is 0 Å². The molecule has 1 heterocycles. The van der Waals surface area contributed by atoms with Gasteiger partial charge in [0.2, 0.25) is 0 Å². The summed E-state index contributed by atoms with van der Waals surface area (Å²) in [5.74, 6) is 0.701. The molecule has 96 valence electrons. The molecule has 3 heteroatoms. The smallest absolute Gasteiger partial charge is 0.0593 e. The summed E-state index contributed by atoms with van der Waals surface area (Å²) in [7, 11) is 0. The molecular weight excluding hydrogens is 200 g/mol. The normalized spacial score (nSPS) is 27.2. The van der Waals surface area contributed by atoms with E-state index in [0.29, 0.717) is 12.0 Å². The molecule has 1 saturated heterocycles. The topological polar surface area (TPSA) is 38.5 Å². The Morgan fingerprint density at radius 2 is 2.12 bits per heavy atom. The fourth-order valence-corrected chi connectivity index (χ4v) is 2.30. The molecule has 0 radical (unpaired) electrons. The molecule has 0 amide bonds. The van der Waals surface area contributed by atoms with E-state index < -0.39 is 0 Å². The average molecular weight is 228 g/mol. The Labute approximate surface area is 100 Å². The first-order chi connectivity index (χ1) is 7.77. The van der Waals surface area contributed by atoms with Crippen LogP contribution < -0.4 is 5.73 Å². The minimum Gasteiger partial charge on any atom is -0.380 e.